The van der Waals surface area contributed by atoms with Crippen molar-refractivity contribution < 1.29 is 19.2 Å². The van der Waals surface area contributed by atoms with E-state index in [1.807, 2.05) is 60.7 Å². The van der Waals surface area contributed by atoms with Gasteiger partial charge >= 0.3 is 0 Å². The Morgan fingerprint density at radius 3 is 1.40 bits per heavy atom. The molecule has 0 unspecified atom stereocenters. The molecule has 40 heavy (non-hydrogen) atoms. The van der Waals surface area contributed by atoms with Gasteiger partial charge < -0.3 is 10.6 Å². The van der Waals surface area contributed by atoms with Gasteiger partial charge in [0.2, 0.25) is 11.8 Å². The van der Waals surface area contributed by atoms with E-state index < -0.39 is 23.7 Å². The molecule has 0 saturated carbocycles. The second-order valence-electron chi connectivity index (χ2n) is 9.58. The number of nitrogens with zero attached hydrogens (tertiary/aromatic N) is 2. The lowest BCUT2D eigenvalue weighted by molar-refractivity contribution is -0.135. The molecule has 0 bridgehead atoms. The smallest absolute Gasteiger partial charge is 0.253 e. The van der Waals surface area contributed by atoms with Crippen LogP contribution in [0.5, 0.6) is 0 Å². The predicted molar refractivity (Wildman–Crippen MR) is 149 cm³/mol. The number of amides is 4. The van der Waals surface area contributed by atoms with Gasteiger partial charge in [-0.25, -0.2) is 10.9 Å². The molecule has 2 saturated heterocycles. The zero-order valence-electron chi connectivity index (χ0n) is 21.5. The second-order valence-corrected chi connectivity index (χ2v) is 9.58. The molecule has 0 aliphatic carbocycles. The molecule has 4 amide bonds. The molecule has 2 aliphatic heterocycles. The molecular formula is C30H28N6O4. The van der Waals surface area contributed by atoms with Crippen molar-refractivity contribution in [1.29, 1.82) is 0 Å². The minimum Gasteiger partial charge on any atom is -0.355 e. The summed E-state index contributed by atoms with van der Waals surface area (Å²) in [5.74, 6) is -4.02. The first-order valence-corrected chi connectivity index (χ1v) is 12.9. The molecule has 0 aromatic heterocycles. The minimum atomic E-state index is -0.890. The Labute approximate surface area is 230 Å². The molecule has 10 nitrogen and oxygen atoms in total. The van der Waals surface area contributed by atoms with E-state index in [9.17, 15) is 19.2 Å². The van der Waals surface area contributed by atoms with E-state index in [4.69, 9.17) is 0 Å². The predicted octanol–water partition coefficient (Wildman–Crippen LogP) is 1.65. The van der Waals surface area contributed by atoms with Gasteiger partial charge in [-0.1, -0.05) is 84.9 Å². The number of benzene rings is 3. The average molecular weight is 537 g/mol. The third-order valence-electron chi connectivity index (χ3n) is 7.14. The van der Waals surface area contributed by atoms with Crippen LogP contribution in [-0.4, -0.2) is 49.1 Å². The first-order chi connectivity index (χ1) is 19.5. The summed E-state index contributed by atoms with van der Waals surface area (Å²) >= 11 is 0. The summed E-state index contributed by atoms with van der Waals surface area (Å²) in [7, 11) is 0. The van der Waals surface area contributed by atoms with Gasteiger partial charge in [0.1, 0.15) is 11.8 Å². The Bertz CT molecular complexity index is 1350. The van der Waals surface area contributed by atoms with Crippen molar-refractivity contribution in [2.75, 3.05) is 13.1 Å². The van der Waals surface area contributed by atoms with Gasteiger partial charge in [0.25, 0.3) is 11.8 Å². The maximum atomic E-state index is 12.9. The lowest BCUT2D eigenvalue weighted by Crippen LogP contribution is -2.34. The monoisotopic (exact) mass is 536 g/mol. The number of rotatable bonds is 8. The van der Waals surface area contributed by atoms with Crippen molar-refractivity contribution >= 4 is 36.1 Å². The average Bonchev–Trinajstić information content (AvgIpc) is 3.57. The van der Waals surface area contributed by atoms with Crippen LogP contribution in [0.15, 0.2) is 95.1 Å². The summed E-state index contributed by atoms with van der Waals surface area (Å²) in [6.07, 6.45) is 2.89. The van der Waals surface area contributed by atoms with Crippen LogP contribution in [0.4, 0.5) is 0 Å². The van der Waals surface area contributed by atoms with Gasteiger partial charge in [-0.15, -0.1) is 0 Å². The van der Waals surface area contributed by atoms with E-state index in [1.54, 1.807) is 24.3 Å². The van der Waals surface area contributed by atoms with Crippen molar-refractivity contribution in [2.24, 2.45) is 22.0 Å². The maximum Gasteiger partial charge on any atom is 0.253 e. The maximum absolute atomic E-state index is 12.9. The topological polar surface area (TPSA) is 141 Å². The molecule has 3 aromatic carbocycles. The van der Waals surface area contributed by atoms with Crippen LogP contribution in [0.3, 0.4) is 0 Å². The van der Waals surface area contributed by atoms with Crippen molar-refractivity contribution in [3.05, 3.63) is 107 Å². The quantitative estimate of drug-likeness (QED) is 0.197. The Kier molecular flexibility index (Phi) is 8.05. The summed E-state index contributed by atoms with van der Waals surface area (Å²) < 4.78 is 0. The molecule has 10 heteroatoms. The fourth-order valence-electron chi connectivity index (χ4n) is 5.08. The molecule has 4 atom stereocenters. The van der Waals surface area contributed by atoms with Crippen LogP contribution in [0.25, 0.3) is 0 Å². The van der Waals surface area contributed by atoms with E-state index in [2.05, 4.69) is 31.7 Å². The van der Waals surface area contributed by atoms with Gasteiger partial charge in [-0.3, -0.25) is 19.2 Å². The van der Waals surface area contributed by atoms with Gasteiger partial charge in [-0.05, 0) is 11.1 Å². The molecule has 3 aromatic rings. The highest BCUT2D eigenvalue weighted by molar-refractivity contribution is 6.04. The fraction of sp³-hybridized carbons (Fsp3) is 0.200. The Balaban J connectivity index is 1.22. The highest BCUT2D eigenvalue weighted by Gasteiger charge is 2.42. The van der Waals surface area contributed by atoms with E-state index in [1.165, 1.54) is 12.4 Å². The number of carbonyl (C=O) groups is 4. The van der Waals surface area contributed by atoms with Gasteiger partial charge in [-0.2, -0.15) is 10.2 Å². The van der Waals surface area contributed by atoms with Crippen LogP contribution in [0, 0.1) is 11.8 Å². The van der Waals surface area contributed by atoms with Crippen molar-refractivity contribution in [2.45, 2.75) is 11.8 Å². The number of hydrazone groups is 2. The summed E-state index contributed by atoms with van der Waals surface area (Å²) in [5, 5.41) is 13.6. The van der Waals surface area contributed by atoms with Gasteiger partial charge in [0, 0.05) is 36.1 Å². The first-order valence-electron chi connectivity index (χ1n) is 12.9. The molecule has 5 rings (SSSR count). The molecule has 0 radical (unpaired) electrons. The zero-order valence-corrected chi connectivity index (χ0v) is 21.5. The van der Waals surface area contributed by atoms with E-state index in [0.29, 0.717) is 24.2 Å². The lowest BCUT2D eigenvalue weighted by Gasteiger charge is -2.15. The van der Waals surface area contributed by atoms with E-state index >= 15 is 0 Å². The molecular weight excluding hydrogens is 508 g/mol. The minimum absolute atomic E-state index is 0.282. The Hall–Kier alpha value is -5.12. The molecule has 0 spiro atoms. The van der Waals surface area contributed by atoms with E-state index in [0.717, 1.165) is 11.1 Å². The number of carbonyl (C=O) groups excluding carboxylic acids is 4. The van der Waals surface area contributed by atoms with Crippen LogP contribution in [0.1, 0.15) is 34.1 Å². The van der Waals surface area contributed by atoms with Crippen molar-refractivity contribution in [3.63, 3.8) is 0 Å². The summed E-state index contributed by atoms with van der Waals surface area (Å²) in [4.78, 5) is 50.5. The third-order valence-corrected chi connectivity index (χ3v) is 7.14. The summed E-state index contributed by atoms with van der Waals surface area (Å²) in [5.41, 5.74) is 8.00. The highest BCUT2D eigenvalue weighted by Crippen LogP contribution is 2.30. The van der Waals surface area contributed by atoms with Crippen LogP contribution in [-0.2, 0) is 19.2 Å². The first kappa shape index (κ1) is 26.5. The van der Waals surface area contributed by atoms with Crippen molar-refractivity contribution in [1.82, 2.24) is 21.5 Å². The zero-order chi connectivity index (χ0) is 27.9. The highest BCUT2D eigenvalue weighted by atomic mass is 16.2. The Morgan fingerprint density at radius 1 is 0.625 bits per heavy atom. The molecule has 4 N–H and O–H groups in total. The Morgan fingerprint density at radius 2 is 1.00 bits per heavy atom. The van der Waals surface area contributed by atoms with Gasteiger partial charge in [0.15, 0.2) is 0 Å². The molecule has 202 valence electrons. The van der Waals surface area contributed by atoms with Crippen LogP contribution in [0.2, 0.25) is 0 Å². The van der Waals surface area contributed by atoms with E-state index in [-0.39, 0.29) is 23.7 Å². The largest absolute Gasteiger partial charge is 0.355 e. The third kappa shape index (κ3) is 5.80. The molecule has 2 aliphatic rings. The number of nitrogens with one attached hydrogen (secondary N) is 4. The van der Waals surface area contributed by atoms with Crippen LogP contribution >= 0.6 is 0 Å². The fourth-order valence-corrected chi connectivity index (χ4v) is 5.08. The second kappa shape index (κ2) is 12.2. The summed E-state index contributed by atoms with van der Waals surface area (Å²) in [6, 6.07) is 25.9. The summed E-state index contributed by atoms with van der Waals surface area (Å²) in [6.45, 7) is 0.758. The normalized spacial score (nSPS) is 22.3. The van der Waals surface area contributed by atoms with Gasteiger partial charge in [0.05, 0.1) is 12.4 Å². The SMILES string of the molecule is O=C1NC[C@H](c2ccccc2)[C@H]1C(=O)N/N=C\c1ccccc1/C=N\NC(=O)[C@@H]1C(=O)NC[C@@H]1c1ccccc1. The molecule has 2 fully saturated rings. The van der Waals surface area contributed by atoms with Crippen LogP contribution < -0.4 is 21.5 Å². The van der Waals surface area contributed by atoms with Crippen molar-refractivity contribution in [3.8, 4) is 0 Å². The standard InChI is InChI=1S/C30H28N6O4/c37-27-25(23(17-31-27)19-9-3-1-4-10-19)29(39)35-33-15-21-13-7-8-14-22(21)16-34-36-30(40)26-24(18-32-28(26)38)20-11-5-2-6-12-20/h1-16,23-26H,17-18H2,(H,31,37)(H,32,38)(H,35,39)(H,36,40)/b33-15-,34-16-/t23-,24-,25-,26+/m1/s1. The number of hydrogen-bond acceptors (Lipinski definition) is 6. The lowest BCUT2D eigenvalue weighted by atomic mass is 9.88. The number of hydrogen-bond donors (Lipinski definition) is 4. The molecule has 2 heterocycles.